The highest BCUT2D eigenvalue weighted by atomic mass is 16.4. The average Bonchev–Trinajstić information content (AvgIpc) is 2.52. The van der Waals surface area contributed by atoms with E-state index < -0.39 is 5.97 Å². The van der Waals surface area contributed by atoms with Crippen LogP contribution in [-0.4, -0.2) is 39.1 Å². The highest BCUT2D eigenvalue weighted by Gasteiger charge is 2.16. The monoisotopic (exact) mass is 198 g/mol. The Labute approximate surface area is 81.7 Å². The van der Waals surface area contributed by atoms with Crippen LogP contribution >= 0.6 is 0 Å². The van der Waals surface area contributed by atoms with Crippen molar-refractivity contribution in [2.45, 2.75) is 26.3 Å². The SMILES string of the molecule is CCNC(C)Cc1n[nH]nc1C(=O)O. The number of nitrogens with zero attached hydrogens (tertiary/aromatic N) is 2. The molecule has 0 spiro atoms. The summed E-state index contributed by atoms with van der Waals surface area (Å²) in [6.45, 7) is 4.82. The van der Waals surface area contributed by atoms with Crippen LogP contribution in [0, 0.1) is 0 Å². The molecule has 1 atom stereocenters. The zero-order valence-electron chi connectivity index (χ0n) is 8.24. The van der Waals surface area contributed by atoms with E-state index in [9.17, 15) is 4.79 Å². The largest absolute Gasteiger partial charge is 0.476 e. The van der Waals surface area contributed by atoms with E-state index in [1.54, 1.807) is 0 Å². The van der Waals surface area contributed by atoms with E-state index in [0.717, 1.165) is 6.54 Å². The standard InChI is InChI=1S/C8H14N4O2/c1-3-9-5(2)4-6-7(8(13)14)11-12-10-6/h5,9H,3-4H2,1-2H3,(H,13,14)(H,10,11,12). The van der Waals surface area contributed by atoms with Crippen LogP contribution < -0.4 is 5.32 Å². The Morgan fingerprint density at radius 3 is 2.93 bits per heavy atom. The second-order valence-corrected chi connectivity index (χ2v) is 3.09. The molecule has 1 unspecified atom stereocenters. The van der Waals surface area contributed by atoms with E-state index in [4.69, 9.17) is 5.11 Å². The van der Waals surface area contributed by atoms with E-state index in [1.807, 2.05) is 13.8 Å². The quantitative estimate of drug-likeness (QED) is 0.621. The molecular weight excluding hydrogens is 184 g/mol. The van der Waals surface area contributed by atoms with Gasteiger partial charge >= 0.3 is 5.97 Å². The molecule has 0 radical (unpaired) electrons. The van der Waals surface area contributed by atoms with Gasteiger partial charge in [0.25, 0.3) is 0 Å². The fraction of sp³-hybridized carbons (Fsp3) is 0.625. The molecule has 1 aromatic rings. The van der Waals surface area contributed by atoms with Crippen molar-refractivity contribution >= 4 is 5.97 Å². The average molecular weight is 198 g/mol. The van der Waals surface area contributed by atoms with Crippen molar-refractivity contribution < 1.29 is 9.90 Å². The number of aromatic amines is 1. The van der Waals surface area contributed by atoms with E-state index in [1.165, 1.54) is 0 Å². The predicted octanol–water partition coefficient (Wildman–Crippen LogP) is 0.0434. The van der Waals surface area contributed by atoms with Crippen molar-refractivity contribution in [1.82, 2.24) is 20.7 Å². The first-order valence-corrected chi connectivity index (χ1v) is 4.51. The number of nitrogens with one attached hydrogen (secondary N) is 2. The Balaban J connectivity index is 2.66. The fourth-order valence-corrected chi connectivity index (χ4v) is 1.28. The molecule has 6 heteroatoms. The van der Waals surface area contributed by atoms with Gasteiger partial charge in [0.2, 0.25) is 0 Å². The van der Waals surface area contributed by atoms with Crippen LogP contribution in [0.15, 0.2) is 0 Å². The Kier molecular flexibility index (Phi) is 3.58. The molecule has 0 bridgehead atoms. The van der Waals surface area contributed by atoms with Gasteiger partial charge in [0.1, 0.15) is 0 Å². The van der Waals surface area contributed by atoms with Crippen LogP contribution in [0.4, 0.5) is 0 Å². The summed E-state index contributed by atoms with van der Waals surface area (Å²) >= 11 is 0. The summed E-state index contributed by atoms with van der Waals surface area (Å²) in [7, 11) is 0. The van der Waals surface area contributed by atoms with E-state index >= 15 is 0 Å². The van der Waals surface area contributed by atoms with Gasteiger partial charge in [-0.2, -0.15) is 10.3 Å². The number of carboxylic acids is 1. The minimum Gasteiger partial charge on any atom is -0.476 e. The molecule has 0 amide bonds. The Bertz CT molecular complexity index is 310. The van der Waals surface area contributed by atoms with Crippen molar-refractivity contribution in [3.63, 3.8) is 0 Å². The van der Waals surface area contributed by atoms with Gasteiger partial charge in [0.15, 0.2) is 5.69 Å². The second kappa shape index (κ2) is 4.71. The summed E-state index contributed by atoms with van der Waals surface area (Å²) in [6, 6.07) is 0.197. The van der Waals surface area contributed by atoms with Crippen LogP contribution in [0.3, 0.4) is 0 Å². The lowest BCUT2D eigenvalue weighted by atomic mass is 10.1. The molecule has 0 aliphatic heterocycles. The van der Waals surface area contributed by atoms with Gasteiger partial charge < -0.3 is 10.4 Å². The third-order valence-electron chi connectivity index (χ3n) is 1.87. The minimum atomic E-state index is -1.04. The molecule has 0 aromatic carbocycles. The zero-order chi connectivity index (χ0) is 10.6. The summed E-state index contributed by atoms with van der Waals surface area (Å²) in [5, 5.41) is 21.6. The van der Waals surface area contributed by atoms with Crippen molar-refractivity contribution in [3.05, 3.63) is 11.4 Å². The second-order valence-electron chi connectivity index (χ2n) is 3.09. The van der Waals surface area contributed by atoms with Crippen molar-refractivity contribution in [1.29, 1.82) is 0 Å². The van der Waals surface area contributed by atoms with Gasteiger partial charge in [-0.25, -0.2) is 4.79 Å². The van der Waals surface area contributed by atoms with Crippen molar-refractivity contribution in [2.24, 2.45) is 0 Å². The first-order valence-electron chi connectivity index (χ1n) is 4.51. The lowest BCUT2D eigenvalue weighted by molar-refractivity contribution is 0.0689. The van der Waals surface area contributed by atoms with Crippen LogP contribution in [0.5, 0.6) is 0 Å². The van der Waals surface area contributed by atoms with Gasteiger partial charge in [0, 0.05) is 12.5 Å². The zero-order valence-corrected chi connectivity index (χ0v) is 8.24. The van der Waals surface area contributed by atoms with Gasteiger partial charge in [-0.1, -0.05) is 6.92 Å². The van der Waals surface area contributed by atoms with E-state index in [0.29, 0.717) is 12.1 Å². The highest BCUT2D eigenvalue weighted by molar-refractivity contribution is 5.86. The number of hydrogen-bond donors (Lipinski definition) is 3. The molecule has 0 saturated heterocycles. The fourth-order valence-electron chi connectivity index (χ4n) is 1.28. The predicted molar refractivity (Wildman–Crippen MR) is 50.2 cm³/mol. The molecule has 1 aromatic heterocycles. The van der Waals surface area contributed by atoms with Crippen LogP contribution in [0.2, 0.25) is 0 Å². The molecule has 0 saturated carbocycles. The van der Waals surface area contributed by atoms with Gasteiger partial charge in [-0.3, -0.25) is 0 Å². The lowest BCUT2D eigenvalue weighted by Gasteiger charge is -2.09. The number of hydrogen-bond acceptors (Lipinski definition) is 4. The number of carboxylic acid groups (broad SMARTS) is 1. The normalized spacial score (nSPS) is 12.7. The van der Waals surface area contributed by atoms with Gasteiger partial charge in [0.05, 0.1) is 5.69 Å². The molecule has 1 rings (SSSR count). The first kappa shape index (κ1) is 10.6. The summed E-state index contributed by atoms with van der Waals surface area (Å²) < 4.78 is 0. The van der Waals surface area contributed by atoms with E-state index in [-0.39, 0.29) is 11.7 Å². The Hall–Kier alpha value is -1.43. The maximum atomic E-state index is 10.7. The summed E-state index contributed by atoms with van der Waals surface area (Å²) in [5.74, 6) is -1.04. The van der Waals surface area contributed by atoms with Crippen molar-refractivity contribution in [3.8, 4) is 0 Å². The van der Waals surface area contributed by atoms with E-state index in [2.05, 4.69) is 20.7 Å². The number of aromatic nitrogens is 3. The molecular formula is C8H14N4O2. The number of likely N-dealkylation sites (N-methyl/N-ethyl adjacent to an activating group) is 1. The molecule has 3 N–H and O–H groups in total. The van der Waals surface area contributed by atoms with Crippen molar-refractivity contribution in [2.75, 3.05) is 6.54 Å². The van der Waals surface area contributed by atoms with Crippen LogP contribution in [0.1, 0.15) is 30.0 Å². The number of aromatic carboxylic acids is 1. The Morgan fingerprint density at radius 2 is 2.36 bits per heavy atom. The minimum absolute atomic E-state index is 0.00903. The molecule has 78 valence electrons. The third kappa shape index (κ3) is 2.53. The molecule has 0 aliphatic carbocycles. The summed E-state index contributed by atoms with van der Waals surface area (Å²) in [4.78, 5) is 10.7. The van der Waals surface area contributed by atoms with Crippen LogP contribution in [-0.2, 0) is 6.42 Å². The smallest absolute Gasteiger partial charge is 0.358 e. The van der Waals surface area contributed by atoms with Crippen LogP contribution in [0.25, 0.3) is 0 Å². The third-order valence-corrected chi connectivity index (χ3v) is 1.87. The molecule has 0 aliphatic rings. The molecule has 1 heterocycles. The maximum absolute atomic E-state index is 10.7. The highest BCUT2D eigenvalue weighted by Crippen LogP contribution is 2.04. The summed E-state index contributed by atoms with van der Waals surface area (Å²) in [5.41, 5.74) is 0.501. The maximum Gasteiger partial charge on any atom is 0.358 e. The molecule has 0 fully saturated rings. The first-order chi connectivity index (χ1) is 6.65. The lowest BCUT2D eigenvalue weighted by Crippen LogP contribution is -2.28. The number of carbonyl (C=O) groups is 1. The van der Waals surface area contributed by atoms with Gasteiger partial charge in [-0.15, -0.1) is 5.10 Å². The summed E-state index contributed by atoms with van der Waals surface area (Å²) in [6.07, 6.45) is 0.561. The van der Waals surface area contributed by atoms with Gasteiger partial charge in [-0.05, 0) is 13.5 Å². The number of H-pyrrole nitrogens is 1. The Morgan fingerprint density at radius 1 is 1.64 bits per heavy atom. The molecule has 6 nitrogen and oxygen atoms in total. The molecule has 14 heavy (non-hydrogen) atoms. The topological polar surface area (TPSA) is 90.9 Å². The number of rotatable bonds is 5.